The van der Waals surface area contributed by atoms with Crippen LogP contribution in [0.15, 0.2) is 169 Å². The van der Waals surface area contributed by atoms with E-state index in [4.69, 9.17) is 0 Å². The summed E-state index contributed by atoms with van der Waals surface area (Å²) in [6.07, 6.45) is 8.18. The molecular weight excluding hydrogens is 938 g/mol. The fourth-order valence-electron chi connectivity index (χ4n) is 14.8. The van der Waals surface area contributed by atoms with Crippen LogP contribution in [-0.4, -0.2) is 12.8 Å². The highest BCUT2D eigenvalue weighted by Crippen LogP contribution is 2.59. The molecule has 2 unspecified atom stereocenters. The quantitative estimate of drug-likeness (QED) is 0.127. The second-order valence-electron chi connectivity index (χ2n) is 26.9. The molecule has 13 rings (SSSR count). The number of fused-ring (bicyclic) bond motifs is 8. The summed E-state index contributed by atoms with van der Waals surface area (Å²) in [5.74, 6) is 0. The average molecular weight is 1010 g/mol. The van der Waals surface area contributed by atoms with E-state index in [0.29, 0.717) is 0 Å². The van der Waals surface area contributed by atoms with Crippen LogP contribution in [0.2, 0.25) is 0 Å². The Hall–Kier alpha value is -6.30. The van der Waals surface area contributed by atoms with Gasteiger partial charge in [-0.2, -0.15) is 0 Å². The molecule has 3 aliphatic carbocycles. The lowest BCUT2D eigenvalue weighted by atomic mass is 9.33. The average Bonchev–Trinajstić information content (AvgIpc) is 3.90. The summed E-state index contributed by atoms with van der Waals surface area (Å²) in [4.78, 5) is 5.75. The van der Waals surface area contributed by atoms with Crippen LogP contribution in [0.1, 0.15) is 155 Å². The number of para-hydroxylation sites is 1. The molecule has 2 aliphatic heterocycles. The van der Waals surface area contributed by atoms with Crippen LogP contribution in [0.3, 0.4) is 0 Å². The van der Waals surface area contributed by atoms with E-state index in [1.165, 1.54) is 107 Å². The van der Waals surface area contributed by atoms with Crippen molar-refractivity contribution in [2.24, 2.45) is 10.8 Å². The minimum absolute atomic E-state index is 0.0218. The number of hydrogen-bond acceptors (Lipinski definition) is 4. The Morgan fingerprint density at radius 3 is 1.95 bits per heavy atom. The van der Waals surface area contributed by atoms with Gasteiger partial charge in [0.15, 0.2) is 0 Å². The summed E-state index contributed by atoms with van der Waals surface area (Å²) < 4.78 is 1.34. The Bertz CT molecular complexity index is 3610. The Morgan fingerprint density at radius 1 is 0.592 bits per heavy atom. The molecule has 3 nitrogen and oxygen atoms in total. The summed E-state index contributed by atoms with van der Waals surface area (Å²) in [6.45, 7) is 27.5. The number of hydrogen-bond donors (Lipinski definition) is 1. The minimum atomic E-state index is -0.131. The van der Waals surface area contributed by atoms with E-state index in [1.54, 1.807) is 16.7 Å². The number of rotatable bonds is 7. The van der Waals surface area contributed by atoms with Gasteiger partial charge in [-0.1, -0.05) is 203 Å². The van der Waals surface area contributed by atoms with E-state index >= 15 is 0 Å². The molecule has 2 atom stereocenters. The standard InChI is InChI=1S/C71H76BN3S/c1-67(2,3)48-31-36-57(52(43-48)45-23-15-12-16-24-45)75-59-42-47(64(46-25-17-13-18-26-46)73-49-27-19-14-20-28-49)41-58-63(59)72(62-51-29-21-22-30-60(51)76-66(62)75)56-35-34-54-61(71(10,11)40-39-69(54,6)7)65(56)74(58)50-32-33-53-55(44-50)70(8,9)38-37-68(53,4)5/h12-31,34-36,41-43,50,64,73H,32-33,37-40,44H2,1-11H3. The van der Waals surface area contributed by atoms with E-state index in [1.807, 2.05) is 11.3 Å². The van der Waals surface area contributed by atoms with Crippen LogP contribution >= 0.6 is 11.3 Å². The molecule has 0 radical (unpaired) electrons. The molecule has 5 aliphatic rings. The largest absolute Gasteiger partial charge is 0.374 e. The summed E-state index contributed by atoms with van der Waals surface area (Å²) in [6, 6.07) is 60.7. The van der Waals surface area contributed by atoms with Crippen molar-refractivity contribution in [2.75, 3.05) is 15.1 Å². The highest BCUT2D eigenvalue weighted by molar-refractivity contribution is 7.26. The molecule has 5 heteroatoms. The van der Waals surface area contributed by atoms with Gasteiger partial charge in [-0.15, -0.1) is 11.3 Å². The van der Waals surface area contributed by atoms with E-state index in [0.717, 1.165) is 31.4 Å². The highest BCUT2D eigenvalue weighted by atomic mass is 32.1. The fraction of sp³-hybridized carbons (Fsp3) is 0.352. The lowest BCUT2D eigenvalue weighted by molar-refractivity contribution is 0.231. The van der Waals surface area contributed by atoms with Crippen molar-refractivity contribution in [3.8, 4) is 11.1 Å². The van der Waals surface area contributed by atoms with Gasteiger partial charge in [0.2, 0.25) is 0 Å². The van der Waals surface area contributed by atoms with Crippen molar-refractivity contribution >= 4 is 78.0 Å². The predicted octanol–water partition coefficient (Wildman–Crippen LogP) is 17.9. The Morgan fingerprint density at radius 2 is 1.22 bits per heavy atom. The monoisotopic (exact) mass is 1010 g/mol. The maximum Gasteiger partial charge on any atom is 0.254 e. The first kappa shape index (κ1) is 49.3. The molecule has 7 aromatic carbocycles. The molecule has 0 bridgehead atoms. The molecule has 1 aromatic heterocycles. The van der Waals surface area contributed by atoms with Gasteiger partial charge in [0.25, 0.3) is 6.71 Å². The lowest BCUT2D eigenvalue weighted by Crippen LogP contribution is -2.63. The summed E-state index contributed by atoms with van der Waals surface area (Å²) in [7, 11) is 0. The lowest BCUT2D eigenvalue weighted by Gasteiger charge is -2.53. The normalized spacial score (nSPS) is 20.0. The molecule has 0 spiro atoms. The van der Waals surface area contributed by atoms with Gasteiger partial charge in [0, 0.05) is 39.1 Å². The number of nitrogens with zero attached hydrogens (tertiary/aromatic N) is 2. The zero-order valence-electron chi connectivity index (χ0n) is 47.0. The van der Waals surface area contributed by atoms with E-state index in [-0.39, 0.29) is 45.9 Å². The van der Waals surface area contributed by atoms with Crippen LogP contribution in [-0.2, 0) is 16.2 Å². The van der Waals surface area contributed by atoms with Crippen molar-refractivity contribution in [1.82, 2.24) is 0 Å². The maximum absolute atomic E-state index is 4.16. The van der Waals surface area contributed by atoms with Crippen molar-refractivity contribution in [3.05, 3.63) is 197 Å². The van der Waals surface area contributed by atoms with E-state index in [9.17, 15) is 0 Å². The molecule has 3 heterocycles. The molecule has 1 N–H and O–H groups in total. The molecular formula is C71H76BN3S. The van der Waals surface area contributed by atoms with Gasteiger partial charge in [-0.3, -0.25) is 0 Å². The minimum Gasteiger partial charge on any atom is -0.374 e. The third-order valence-corrected chi connectivity index (χ3v) is 20.4. The summed E-state index contributed by atoms with van der Waals surface area (Å²) in [5.41, 5.74) is 24.2. The zero-order chi connectivity index (χ0) is 52.7. The van der Waals surface area contributed by atoms with Gasteiger partial charge < -0.3 is 15.1 Å². The first-order valence-corrected chi connectivity index (χ1v) is 29.4. The number of benzene rings is 7. The van der Waals surface area contributed by atoms with Crippen molar-refractivity contribution in [2.45, 2.75) is 149 Å². The highest BCUT2D eigenvalue weighted by Gasteiger charge is 2.52. The Kier molecular flexibility index (Phi) is 11.4. The van der Waals surface area contributed by atoms with Gasteiger partial charge in [-0.05, 0) is 170 Å². The number of thiophene rings is 1. The SMILES string of the molecule is CC1(C)CCC(C)(C)C2=C1CCC(N1c3cc(C(Nc4ccccc4)c4ccccc4)cc4c3B(c3ccc5c(c31)C(C)(C)CCC5(C)C)c1c(sc3ccccc13)N4c1ccc(C(C)(C)C)cc1-c1ccccc1)C2. The molecule has 76 heavy (non-hydrogen) atoms. The molecule has 0 saturated carbocycles. The van der Waals surface area contributed by atoms with Crippen LogP contribution < -0.4 is 31.5 Å². The van der Waals surface area contributed by atoms with Crippen molar-refractivity contribution in [1.29, 1.82) is 0 Å². The van der Waals surface area contributed by atoms with E-state index < -0.39 is 0 Å². The third-order valence-electron chi connectivity index (χ3n) is 19.2. The predicted molar refractivity (Wildman–Crippen MR) is 329 cm³/mol. The van der Waals surface area contributed by atoms with Gasteiger partial charge in [0.05, 0.1) is 16.7 Å². The van der Waals surface area contributed by atoms with Crippen LogP contribution in [0.5, 0.6) is 0 Å². The second-order valence-corrected chi connectivity index (χ2v) is 28.0. The van der Waals surface area contributed by atoms with Gasteiger partial charge >= 0.3 is 0 Å². The summed E-state index contributed by atoms with van der Waals surface area (Å²) in [5, 5.41) is 6.85. The summed E-state index contributed by atoms with van der Waals surface area (Å²) >= 11 is 1.98. The van der Waals surface area contributed by atoms with Gasteiger partial charge in [-0.25, -0.2) is 0 Å². The first-order chi connectivity index (χ1) is 36.3. The van der Waals surface area contributed by atoms with Crippen LogP contribution in [0, 0.1) is 10.8 Å². The Balaban J connectivity index is 1.18. The maximum atomic E-state index is 4.16. The van der Waals surface area contributed by atoms with Crippen LogP contribution in [0.4, 0.5) is 33.4 Å². The van der Waals surface area contributed by atoms with Crippen molar-refractivity contribution in [3.63, 3.8) is 0 Å². The first-order valence-electron chi connectivity index (χ1n) is 28.6. The third kappa shape index (κ3) is 7.87. The topological polar surface area (TPSA) is 18.5 Å². The van der Waals surface area contributed by atoms with Gasteiger partial charge in [0.1, 0.15) is 0 Å². The molecule has 0 fully saturated rings. The number of anilines is 6. The van der Waals surface area contributed by atoms with Crippen LogP contribution in [0.25, 0.3) is 21.2 Å². The second kappa shape index (κ2) is 17.6. The zero-order valence-corrected chi connectivity index (χ0v) is 47.8. The number of nitrogens with one attached hydrogen (secondary N) is 1. The Labute approximate surface area is 458 Å². The van der Waals surface area contributed by atoms with Crippen molar-refractivity contribution < 1.29 is 0 Å². The molecule has 8 aromatic rings. The molecule has 384 valence electrons. The molecule has 0 saturated heterocycles. The fourth-order valence-corrected chi connectivity index (χ4v) is 16.0. The smallest absolute Gasteiger partial charge is 0.254 e. The number of allylic oxidation sites excluding steroid dienone is 1. The molecule has 0 amide bonds. The van der Waals surface area contributed by atoms with E-state index in [2.05, 4.69) is 249 Å².